The van der Waals surface area contributed by atoms with Gasteiger partial charge in [0.05, 0.1) is 0 Å². The van der Waals surface area contributed by atoms with E-state index in [2.05, 4.69) is 17.1 Å². The molecule has 0 aliphatic carbocycles. The standard InChI is InChI=1S/C10H18N2O/c1-8-3-2-6-12(8)7-9-4-5-10(13)11-9/h8-9H,2-7H2,1H3,(H,11,13). The predicted molar refractivity (Wildman–Crippen MR) is 51.4 cm³/mol. The molecule has 3 nitrogen and oxygen atoms in total. The van der Waals surface area contributed by atoms with E-state index in [4.69, 9.17) is 0 Å². The Kier molecular flexibility index (Phi) is 2.54. The summed E-state index contributed by atoms with van der Waals surface area (Å²) in [5.74, 6) is 0.233. The monoisotopic (exact) mass is 182 g/mol. The third-order valence-electron chi connectivity index (χ3n) is 3.23. The largest absolute Gasteiger partial charge is 0.352 e. The van der Waals surface area contributed by atoms with Crippen LogP contribution in [0.3, 0.4) is 0 Å². The van der Waals surface area contributed by atoms with Crippen molar-refractivity contribution in [2.45, 2.75) is 44.7 Å². The topological polar surface area (TPSA) is 32.3 Å². The van der Waals surface area contributed by atoms with Gasteiger partial charge in [-0.2, -0.15) is 0 Å². The number of hydrogen-bond donors (Lipinski definition) is 1. The van der Waals surface area contributed by atoms with Crippen molar-refractivity contribution in [1.82, 2.24) is 10.2 Å². The zero-order valence-corrected chi connectivity index (χ0v) is 8.25. The second kappa shape index (κ2) is 3.66. The van der Waals surface area contributed by atoms with E-state index in [-0.39, 0.29) is 5.91 Å². The molecule has 0 radical (unpaired) electrons. The number of rotatable bonds is 2. The molecular weight excluding hydrogens is 164 g/mol. The molecule has 0 saturated carbocycles. The molecule has 2 fully saturated rings. The van der Waals surface area contributed by atoms with Crippen molar-refractivity contribution >= 4 is 5.91 Å². The molecule has 2 saturated heterocycles. The Hall–Kier alpha value is -0.570. The molecule has 2 heterocycles. The van der Waals surface area contributed by atoms with Gasteiger partial charge in [0, 0.05) is 25.0 Å². The molecular formula is C10H18N2O. The molecule has 3 heteroatoms. The number of carbonyl (C=O) groups excluding carboxylic acids is 1. The van der Waals surface area contributed by atoms with Crippen molar-refractivity contribution in [3.8, 4) is 0 Å². The molecule has 2 unspecified atom stereocenters. The zero-order valence-electron chi connectivity index (χ0n) is 8.25. The van der Waals surface area contributed by atoms with Crippen LogP contribution in [0.25, 0.3) is 0 Å². The maximum absolute atomic E-state index is 11.0. The van der Waals surface area contributed by atoms with Crippen molar-refractivity contribution in [3.05, 3.63) is 0 Å². The molecule has 0 aromatic heterocycles. The molecule has 2 aliphatic rings. The van der Waals surface area contributed by atoms with Gasteiger partial charge in [0.1, 0.15) is 0 Å². The van der Waals surface area contributed by atoms with Crippen LogP contribution in [-0.2, 0) is 4.79 Å². The van der Waals surface area contributed by atoms with Gasteiger partial charge in [0.15, 0.2) is 0 Å². The summed E-state index contributed by atoms with van der Waals surface area (Å²) in [7, 11) is 0. The van der Waals surface area contributed by atoms with Gasteiger partial charge >= 0.3 is 0 Å². The van der Waals surface area contributed by atoms with Gasteiger partial charge in [-0.15, -0.1) is 0 Å². The Bertz CT molecular complexity index is 205. The fourth-order valence-corrected chi connectivity index (χ4v) is 2.36. The second-order valence-electron chi connectivity index (χ2n) is 4.29. The van der Waals surface area contributed by atoms with Crippen molar-refractivity contribution in [3.63, 3.8) is 0 Å². The lowest BCUT2D eigenvalue weighted by Gasteiger charge is -2.24. The first-order valence-corrected chi connectivity index (χ1v) is 5.29. The van der Waals surface area contributed by atoms with Crippen LogP contribution in [0.5, 0.6) is 0 Å². The van der Waals surface area contributed by atoms with Gasteiger partial charge in [0.25, 0.3) is 0 Å². The number of nitrogens with one attached hydrogen (secondary N) is 1. The van der Waals surface area contributed by atoms with Gasteiger partial charge in [-0.3, -0.25) is 9.69 Å². The van der Waals surface area contributed by atoms with E-state index in [1.165, 1.54) is 19.4 Å². The number of nitrogens with zero attached hydrogens (tertiary/aromatic N) is 1. The lowest BCUT2D eigenvalue weighted by Crippen LogP contribution is -2.40. The van der Waals surface area contributed by atoms with Crippen molar-refractivity contribution < 1.29 is 4.79 Å². The summed E-state index contributed by atoms with van der Waals surface area (Å²) >= 11 is 0. The first-order chi connectivity index (χ1) is 6.25. The number of amides is 1. The average molecular weight is 182 g/mol. The van der Waals surface area contributed by atoms with Crippen LogP contribution in [0.2, 0.25) is 0 Å². The van der Waals surface area contributed by atoms with Gasteiger partial charge in [-0.25, -0.2) is 0 Å². The second-order valence-corrected chi connectivity index (χ2v) is 4.29. The molecule has 0 bridgehead atoms. The van der Waals surface area contributed by atoms with Crippen LogP contribution in [0.1, 0.15) is 32.6 Å². The normalized spacial score (nSPS) is 35.3. The molecule has 1 amide bonds. The Labute approximate surface area is 79.5 Å². The van der Waals surface area contributed by atoms with Crippen LogP contribution in [0.15, 0.2) is 0 Å². The van der Waals surface area contributed by atoms with Crippen LogP contribution in [0.4, 0.5) is 0 Å². The lowest BCUT2D eigenvalue weighted by atomic mass is 10.2. The molecule has 13 heavy (non-hydrogen) atoms. The van der Waals surface area contributed by atoms with Gasteiger partial charge < -0.3 is 5.32 Å². The molecule has 2 aliphatic heterocycles. The molecule has 74 valence electrons. The summed E-state index contributed by atoms with van der Waals surface area (Å²) in [4.78, 5) is 13.5. The van der Waals surface area contributed by atoms with E-state index in [0.29, 0.717) is 6.04 Å². The van der Waals surface area contributed by atoms with E-state index in [9.17, 15) is 4.79 Å². The summed E-state index contributed by atoms with van der Waals surface area (Å²) in [6.07, 6.45) is 4.40. The predicted octanol–water partition coefficient (Wildman–Crippen LogP) is 0.749. The molecule has 2 atom stereocenters. The highest BCUT2D eigenvalue weighted by molar-refractivity contribution is 5.78. The first kappa shape index (κ1) is 9.00. The summed E-state index contributed by atoms with van der Waals surface area (Å²) in [5.41, 5.74) is 0. The molecule has 0 aromatic carbocycles. The quantitative estimate of drug-likeness (QED) is 0.683. The molecule has 2 rings (SSSR count). The fourth-order valence-electron chi connectivity index (χ4n) is 2.36. The number of likely N-dealkylation sites (tertiary alicyclic amines) is 1. The Morgan fingerprint density at radius 3 is 2.92 bits per heavy atom. The maximum atomic E-state index is 11.0. The van der Waals surface area contributed by atoms with E-state index in [1.54, 1.807) is 0 Å². The smallest absolute Gasteiger partial charge is 0.220 e. The lowest BCUT2D eigenvalue weighted by molar-refractivity contribution is -0.119. The van der Waals surface area contributed by atoms with Crippen LogP contribution in [0, 0.1) is 0 Å². The average Bonchev–Trinajstić information content (AvgIpc) is 2.64. The van der Waals surface area contributed by atoms with E-state index < -0.39 is 0 Å². The summed E-state index contributed by atoms with van der Waals surface area (Å²) in [6, 6.07) is 1.14. The number of hydrogen-bond acceptors (Lipinski definition) is 2. The Morgan fingerprint density at radius 2 is 2.38 bits per heavy atom. The third-order valence-corrected chi connectivity index (χ3v) is 3.23. The molecule has 0 spiro atoms. The molecule has 1 N–H and O–H groups in total. The van der Waals surface area contributed by atoms with E-state index in [1.807, 2.05) is 0 Å². The Morgan fingerprint density at radius 1 is 1.54 bits per heavy atom. The first-order valence-electron chi connectivity index (χ1n) is 5.29. The van der Waals surface area contributed by atoms with Gasteiger partial charge in [-0.05, 0) is 32.7 Å². The van der Waals surface area contributed by atoms with Crippen molar-refractivity contribution in [2.75, 3.05) is 13.1 Å². The van der Waals surface area contributed by atoms with E-state index in [0.717, 1.165) is 25.4 Å². The highest BCUT2D eigenvalue weighted by atomic mass is 16.1. The highest BCUT2D eigenvalue weighted by Crippen LogP contribution is 2.18. The van der Waals surface area contributed by atoms with Gasteiger partial charge in [-0.1, -0.05) is 0 Å². The van der Waals surface area contributed by atoms with Crippen molar-refractivity contribution in [2.24, 2.45) is 0 Å². The van der Waals surface area contributed by atoms with Crippen LogP contribution < -0.4 is 5.32 Å². The number of carbonyl (C=O) groups is 1. The summed E-state index contributed by atoms with van der Waals surface area (Å²) in [5, 5.41) is 3.02. The van der Waals surface area contributed by atoms with Crippen molar-refractivity contribution in [1.29, 1.82) is 0 Å². The fraction of sp³-hybridized carbons (Fsp3) is 0.900. The minimum Gasteiger partial charge on any atom is -0.352 e. The highest BCUT2D eigenvalue weighted by Gasteiger charge is 2.27. The van der Waals surface area contributed by atoms with Crippen LogP contribution >= 0.6 is 0 Å². The van der Waals surface area contributed by atoms with Gasteiger partial charge in [0.2, 0.25) is 5.91 Å². The third kappa shape index (κ3) is 2.02. The summed E-state index contributed by atoms with van der Waals surface area (Å²) < 4.78 is 0. The minimum absolute atomic E-state index is 0.233. The van der Waals surface area contributed by atoms with E-state index >= 15 is 0 Å². The summed E-state index contributed by atoms with van der Waals surface area (Å²) in [6.45, 7) is 4.56. The zero-order chi connectivity index (χ0) is 9.26. The Balaban J connectivity index is 1.80. The minimum atomic E-state index is 0.233. The van der Waals surface area contributed by atoms with Crippen LogP contribution in [-0.4, -0.2) is 36.0 Å². The maximum Gasteiger partial charge on any atom is 0.220 e. The molecule has 0 aromatic rings. The SMILES string of the molecule is CC1CCCN1CC1CCC(=O)N1.